The molecule has 4 rings (SSSR count). The molecule has 7 heteroatoms. The van der Waals surface area contributed by atoms with E-state index in [0.29, 0.717) is 17.2 Å². The van der Waals surface area contributed by atoms with Crippen LogP contribution in [-0.4, -0.2) is 25.6 Å². The van der Waals surface area contributed by atoms with Crippen LogP contribution in [0.15, 0.2) is 83.8 Å². The van der Waals surface area contributed by atoms with E-state index in [1.54, 1.807) is 17.0 Å². The number of amides is 1. The third-order valence-electron chi connectivity index (χ3n) is 4.47. The van der Waals surface area contributed by atoms with Gasteiger partial charge in [0.25, 0.3) is 5.91 Å². The molecule has 29 heavy (non-hydrogen) atoms. The van der Waals surface area contributed by atoms with Crippen LogP contribution in [0.1, 0.15) is 15.9 Å². The molecule has 5 nitrogen and oxygen atoms in total. The highest BCUT2D eigenvalue weighted by atomic mass is 32.2. The van der Waals surface area contributed by atoms with Crippen LogP contribution in [0.5, 0.6) is 0 Å². The van der Waals surface area contributed by atoms with Gasteiger partial charge in [0.2, 0.25) is 0 Å². The lowest BCUT2D eigenvalue weighted by atomic mass is 10.1. The Morgan fingerprint density at radius 3 is 2.24 bits per heavy atom. The Morgan fingerprint density at radius 2 is 1.59 bits per heavy atom. The molecule has 0 bridgehead atoms. The first-order valence-electron chi connectivity index (χ1n) is 8.93. The molecule has 4 aromatic rings. The number of hydrogen-bond acceptors (Lipinski definition) is 5. The Kier molecular flexibility index (Phi) is 5.17. The van der Waals surface area contributed by atoms with Crippen molar-refractivity contribution >= 4 is 42.4 Å². The minimum Gasteiger partial charge on any atom is -0.279 e. The van der Waals surface area contributed by atoms with Gasteiger partial charge in [0.1, 0.15) is 0 Å². The van der Waals surface area contributed by atoms with Crippen molar-refractivity contribution in [2.24, 2.45) is 0 Å². The summed E-state index contributed by atoms with van der Waals surface area (Å²) in [7, 11) is -3.32. The van der Waals surface area contributed by atoms with E-state index in [-0.39, 0.29) is 10.8 Å². The van der Waals surface area contributed by atoms with Crippen molar-refractivity contribution in [3.05, 3.63) is 90.0 Å². The molecule has 0 fully saturated rings. The number of benzene rings is 3. The largest absolute Gasteiger partial charge is 0.279 e. The second kappa shape index (κ2) is 7.77. The highest BCUT2D eigenvalue weighted by molar-refractivity contribution is 7.90. The molecule has 0 radical (unpaired) electrons. The van der Waals surface area contributed by atoms with Crippen LogP contribution in [0, 0.1) is 0 Å². The summed E-state index contributed by atoms with van der Waals surface area (Å²) in [4.78, 5) is 19.8. The number of carbonyl (C=O) groups excluding carboxylic acids is 1. The predicted molar refractivity (Wildman–Crippen MR) is 116 cm³/mol. The average Bonchev–Trinajstić information content (AvgIpc) is 3.15. The van der Waals surface area contributed by atoms with Crippen LogP contribution in [0.25, 0.3) is 10.2 Å². The predicted octanol–water partition coefficient (Wildman–Crippen LogP) is 4.55. The van der Waals surface area contributed by atoms with Crippen molar-refractivity contribution in [3.8, 4) is 0 Å². The van der Waals surface area contributed by atoms with E-state index in [2.05, 4.69) is 4.98 Å². The SMILES string of the molecule is CS(=O)(=O)c1ccc(C(=O)N(Cc2ccccc2)c2nc3ccccc3s2)cc1. The molecule has 0 aliphatic heterocycles. The first-order chi connectivity index (χ1) is 13.9. The van der Waals surface area contributed by atoms with Gasteiger partial charge in [0.15, 0.2) is 15.0 Å². The van der Waals surface area contributed by atoms with Crippen LogP contribution >= 0.6 is 11.3 Å². The van der Waals surface area contributed by atoms with Gasteiger partial charge in [-0.15, -0.1) is 0 Å². The fourth-order valence-corrected chi connectivity index (χ4v) is 4.56. The summed E-state index contributed by atoms with van der Waals surface area (Å²) in [6.07, 6.45) is 1.15. The summed E-state index contributed by atoms with van der Waals surface area (Å²) < 4.78 is 24.4. The number of hydrogen-bond donors (Lipinski definition) is 0. The zero-order valence-electron chi connectivity index (χ0n) is 15.6. The van der Waals surface area contributed by atoms with Crippen LogP contribution in [0.3, 0.4) is 0 Å². The lowest BCUT2D eigenvalue weighted by molar-refractivity contribution is 0.0985. The lowest BCUT2D eigenvalue weighted by Crippen LogP contribution is -2.30. The summed E-state index contributed by atoms with van der Waals surface area (Å²) in [6, 6.07) is 23.5. The van der Waals surface area contributed by atoms with E-state index in [4.69, 9.17) is 0 Å². The molecule has 0 aliphatic carbocycles. The first-order valence-corrected chi connectivity index (χ1v) is 11.6. The lowest BCUT2D eigenvalue weighted by Gasteiger charge is -2.20. The van der Waals surface area contributed by atoms with Gasteiger partial charge in [-0.3, -0.25) is 9.69 Å². The maximum Gasteiger partial charge on any atom is 0.260 e. The summed E-state index contributed by atoms with van der Waals surface area (Å²) in [6.45, 7) is 0.368. The summed E-state index contributed by atoms with van der Waals surface area (Å²) in [5.41, 5.74) is 2.23. The summed E-state index contributed by atoms with van der Waals surface area (Å²) in [5.74, 6) is -0.229. The van der Waals surface area contributed by atoms with Crippen LogP contribution in [0.2, 0.25) is 0 Å². The molecule has 3 aromatic carbocycles. The minimum atomic E-state index is -3.32. The number of aromatic nitrogens is 1. The maximum atomic E-state index is 13.3. The monoisotopic (exact) mass is 422 g/mol. The Balaban J connectivity index is 1.73. The maximum absolute atomic E-state index is 13.3. The molecular formula is C22H18N2O3S2. The zero-order valence-corrected chi connectivity index (χ0v) is 17.3. The van der Waals surface area contributed by atoms with Crippen LogP contribution < -0.4 is 4.90 Å². The number of fused-ring (bicyclic) bond motifs is 1. The molecule has 1 heterocycles. The molecule has 0 N–H and O–H groups in total. The van der Waals surface area contributed by atoms with E-state index in [0.717, 1.165) is 22.0 Å². The van der Waals surface area contributed by atoms with Gasteiger partial charge >= 0.3 is 0 Å². The van der Waals surface area contributed by atoms with Crippen LogP contribution in [0.4, 0.5) is 5.13 Å². The molecule has 1 aromatic heterocycles. The number of anilines is 1. The third kappa shape index (κ3) is 4.21. The van der Waals surface area contributed by atoms with Crippen molar-refractivity contribution < 1.29 is 13.2 Å². The van der Waals surface area contributed by atoms with Gasteiger partial charge in [0, 0.05) is 11.8 Å². The Morgan fingerprint density at radius 1 is 0.931 bits per heavy atom. The van der Waals surface area contributed by atoms with E-state index in [9.17, 15) is 13.2 Å². The van der Waals surface area contributed by atoms with Crippen molar-refractivity contribution in [2.45, 2.75) is 11.4 Å². The topological polar surface area (TPSA) is 67.3 Å². The summed E-state index contributed by atoms with van der Waals surface area (Å²) >= 11 is 1.45. The van der Waals surface area contributed by atoms with Gasteiger partial charge in [-0.25, -0.2) is 13.4 Å². The number of sulfone groups is 1. The molecular weight excluding hydrogens is 404 g/mol. The van der Waals surface area contributed by atoms with Gasteiger partial charge in [0.05, 0.1) is 21.7 Å². The number of para-hydroxylation sites is 1. The van der Waals surface area contributed by atoms with Crippen molar-refractivity contribution in [1.82, 2.24) is 4.98 Å². The number of rotatable bonds is 5. The standard InChI is InChI=1S/C22H18N2O3S2/c1-29(26,27)18-13-11-17(12-14-18)21(25)24(15-16-7-3-2-4-8-16)22-23-19-9-5-6-10-20(19)28-22/h2-14H,15H2,1H3. The highest BCUT2D eigenvalue weighted by Crippen LogP contribution is 2.30. The quantitative estimate of drug-likeness (QED) is 0.473. The number of nitrogens with zero attached hydrogens (tertiary/aromatic N) is 2. The molecule has 0 atom stereocenters. The van der Waals surface area contributed by atoms with E-state index < -0.39 is 9.84 Å². The second-order valence-corrected chi connectivity index (χ2v) is 9.66. The Labute approximate surface area is 173 Å². The fourth-order valence-electron chi connectivity index (χ4n) is 2.97. The molecule has 0 saturated heterocycles. The van der Waals surface area contributed by atoms with Crippen LogP contribution in [-0.2, 0) is 16.4 Å². The first kappa shape index (κ1) is 19.3. The van der Waals surface area contributed by atoms with E-state index >= 15 is 0 Å². The van der Waals surface area contributed by atoms with Gasteiger partial charge < -0.3 is 0 Å². The Bertz CT molecular complexity index is 1230. The average molecular weight is 423 g/mol. The fraction of sp³-hybridized carbons (Fsp3) is 0.0909. The smallest absolute Gasteiger partial charge is 0.260 e. The molecule has 146 valence electrons. The second-order valence-electron chi connectivity index (χ2n) is 6.64. The minimum absolute atomic E-state index is 0.184. The zero-order chi connectivity index (χ0) is 20.4. The van der Waals surface area contributed by atoms with Crippen molar-refractivity contribution in [2.75, 3.05) is 11.2 Å². The normalized spacial score (nSPS) is 11.5. The molecule has 0 unspecified atom stereocenters. The number of thiazole rings is 1. The van der Waals surface area contributed by atoms with Crippen molar-refractivity contribution in [1.29, 1.82) is 0 Å². The van der Waals surface area contributed by atoms with E-state index in [1.165, 1.54) is 23.5 Å². The highest BCUT2D eigenvalue weighted by Gasteiger charge is 2.22. The molecule has 0 spiro atoms. The third-order valence-corrected chi connectivity index (χ3v) is 6.66. The molecule has 1 amide bonds. The summed E-state index contributed by atoms with van der Waals surface area (Å²) in [5, 5.41) is 0.604. The van der Waals surface area contributed by atoms with Gasteiger partial charge in [-0.05, 0) is 42.0 Å². The molecule has 0 aliphatic rings. The van der Waals surface area contributed by atoms with Gasteiger partial charge in [-0.1, -0.05) is 53.8 Å². The van der Waals surface area contributed by atoms with Crippen molar-refractivity contribution in [3.63, 3.8) is 0 Å². The van der Waals surface area contributed by atoms with E-state index in [1.807, 2.05) is 54.6 Å². The Hall–Kier alpha value is -3.03. The van der Waals surface area contributed by atoms with Gasteiger partial charge in [-0.2, -0.15) is 0 Å². The molecule has 0 saturated carbocycles. The number of carbonyl (C=O) groups is 1.